The van der Waals surface area contributed by atoms with E-state index in [1.807, 2.05) is 0 Å². The summed E-state index contributed by atoms with van der Waals surface area (Å²) in [6.07, 6.45) is 3.98. The summed E-state index contributed by atoms with van der Waals surface area (Å²) in [5.74, 6) is 2.34. The zero-order valence-electron chi connectivity index (χ0n) is 10.9. The lowest BCUT2D eigenvalue weighted by Gasteiger charge is -2.21. The SMILES string of the molecule is C[C@@H]1C(=O)N(N)C(=O)[C@H]1C(=O)[C@@H](N)C1CCCC1.Cl. The summed E-state index contributed by atoms with van der Waals surface area (Å²) in [5, 5.41) is 0.550. The van der Waals surface area contributed by atoms with Gasteiger partial charge < -0.3 is 5.73 Å². The highest BCUT2D eigenvalue weighted by molar-refractivity contribution is 6.15. The summed E-state index contributed by atoms with van der Waals surface area (Å²) in [6, 6.07) is -0.650. The molecule has 6 nitrogen and oxygen atoms in total. The molecule has 1 saturated heterocycles. The van der Waals surface area contributed by atoms with Crippen LogP contribution in [0.5, 0.6) is 0 Å². The Morgan fingerprint density at radius 2 is 1.79 bits per heavy atom. The van der Waals surface area contributed by atoms with Crippen LogP contribution in [0, 0.1) is 17.8 Å². The van der Waals surface area contributed by atoms with Crippen molar-refractivity contribution in [1.82, 2.24) is 5.01 Å². The van der Waals surface area contributed by atoms with Crippen molar-refractivity contribution in [2.45, 2.75) is 38.6 Å². The zero-order chi connectivity index (χ0) is 13.4. The Morgan fingerprint density at radius 3 is 2.21 bits per heavy atom. The van der Waals surface area contributed by atoms with Gasteiger partial charge in [0.25, 0.3) is 5.91 Å². The van der Waals surface area contributed by atoms with Crippen molar-refractivity contribution in [3.63, 3.8) is 0 Å². The molecule has 1 saturated carbocycles. The molecule has 2 amide bonds. The molecule has 0 unspecified atom stereocenters. The van der Waals surface area contributed by atoms with E-state index in [1.54, 1.807) is 6.92 Å². The minimum absolute atomic E-state index is 0. The van der Waals surface area contributed by atoms with Crippen molar-refractivity contribution >= 4 is 30.0 Å². The van der Waals surface area contributed by atoms with Gasteiger partial charge in [-0.25, -0.2) is 10.9 Å². The number of amides is 2. The lowest BCUT2D eigenvalue weighted by molar-refractivity contribution is -0.141. The predicted molar refractivity (Wildman–Crippen MR) is 70.9 cm³/mol. The molecule has 0 aromatic heterocycles. The van der Waals surface area contributed by atoms with Gasteiger partial charge in [-0.1, -0.05) is 19.8 Å². The Hall–Kier alpha value is -0.980. The Bertz CT molecular complexity index is 396. The van der Waals surface area contributed by atoms with Crippen LogP contribution < -0.4 is 11.6 Å². The third-order valence-corrected chi connectivity index (χ3v) is 4.17. The maximum atomic E-state index is 12.3. The summed E-state index contributed by atoms with van der Waals surface area (Å²) in [4.78, 5) is 35.6. The second-order valence-electron chi connectivity index (χ2n) is 5.29. The molecule has 0 aromatic rings. The zero-order valence-corrected chi connectivity index (χ0v) is 11.7. The molecule has 108 valence electrons. The molecule has 0 aromatic carbocycles. The van der Waals surface area contributed by atoms with E-state index < -0.39 is 29.7 Å². The first-order valence-corrected chi connectivity index (χ1v) is 6.37. The van der Waals surface area contributed by atoms with E-state index in [-0.39, 0.29) is 24.1 Å². The molecule has 0 spiro atoms. The van der Waals surface area contributed by atoms with Gasteiger partial charge in [0, 0.05) is 0 Å². The van der Waals surface area contributed by atoms with E-state index in [9.17, 15) is 14.4 Å². The van der Waals surface area contributed by atoms with E-state index >= 15 is 0 Å². The fourth-order valence-corrected chi connectivity index (χ4v) is 2.96. The van der Waals surface area contributed by atoms with Crippen LogP contribution in [0.1, 0.15) is 32.6 Å². The standard InChI is InChI=1S/C12H19N3O3.ClH/c1-6-8(12(18)15(14)11(6)17)10(16)9(13)7-4-2-3-5-7;/h6-9H,2-5,13-14H2,1H3;1H/t6-,8+,9-;/m0./s1. The lowest BCUT2D eigenvalue weighted by Crippen LogP contribution is -2.45. The number of halogens is 1. The molecular formula is C12H20ClN3O3. The number of carbonyl (C=O) groups is 3. The molecule has 0 bridgehead atoms. The molecule has 1 aliphatic heterocycles. The number of rotatable bonds is 3. The average molecular weight is 290 g/mol. The summed E-state index contributed by atoms with van der Waals surface area (Å²) < 4.78 is 0. The normalized spacial score (nSPS) is 29.5. The number of hydrogen-bond donors (Lipinski definition) is 2. The summed E-state index contributed by atoms with van der Waals surface area (Å²) in [5.41, 5.74) is 5.95. The lowest BCUT2D eigenvalue weighted by atomic mass is 9.84. The van der Waals surface area contributed by atoms with Gasteiger partial charge in [0.15, 0.2) is 5.78 Å². The Kier molecular flexibility index (Phi) is 5.06. The maximum Gasteiger partial charge on any atom is 0.255 e. The van der Waals surface area contributed by atoms with Crippen LogP contribution in [-0.4, -0.2) is 28.6 Å². The predicted octanol–water partition coefficient (Wildman–Crippen LogP) is -0.0104. The van der Waals surface area contributed by atoms with E-state index in [0.717, 1.165) is 25.7 Å². The maximum absolute atomic E-state index is 12.3. The van der Waals surface area contributed by atoms with Crippen LogP contribution in [0.3, 0.4) is 0 Å². The van der Waals surface area contributed by atoms with Crippen LogP contribution in [0.25, 0.3) is 0 Å². The highest BCUT2D eigenvalue weighted by Crippen LogP contribution is 2.31. The van der Waals surface area contributed by atoms with E-state index in [4.69, 9.17) is 11.6 Å². The van der Waals surface area contributed by atoms with Gasteiger partial charge in [0.1, 0.15) is 5.92 Å². The van der Waals surface area contributed by atoms with Gasteiger partial charge in [-0.15, -0.1) is 12.4 Å². The van der Waals surface area contributed by atoms with Crippen molar-refractivity contribution in [2.75, 3.05) is 0 Å². The van der Waals surface area contributed by atoms with Crippen LogP contribution in [-0.2, 0) is 14.4 Å². The Balaban J connectivity index is 0.00000180. The van der Waals surface area contributed by atoms with Gasteiger partial charge in [-0.05, 0) is 18.8 Å². The third-order valence-electron chi connectivity index (χ3n) is 4.17. The first kappa shape index (κ1) is 16.1. The second-order valence-corrected chi connectivity index (χ2v) is 5.29. The molecule has 0 radical (unpaired) electrons. The van der Waals surface area contributed by atoms with Crippen LogP contribution in [0.15, 0.2) is 0 Å². The first-order chi connectivity index (χ1) is 8.45. The van der Waals surface area contributed by atoms with E-state index in [1.165, 1.54) is 0 Å². The van der Waals surface area contributed by atoms with Crippen molar-refractivity contribution in [2.24, 2.45) is 29.3 Å². The number of nitrogens with zero attached hydrogens (tertiary/aromatic N) is 1. The fraction of sp³-hybridized carbons (Fsp3) is 0.750. The van der Waals surface area contributed by atoms with E-state index in [2.05, 4.69) is 0 Å². The number of nitrogens with two attached hydrogens (primary N) is 2. The van der Waals surface area contributed by atoms with Gasteiger partial charge in [0.05, 0.1) is 12.0 Å². The molecule has 1 heterocycles. The molecule has 2 rings (SSSR count). The average Bonchev–Trinajstić information content (AvgIpc) is 2.94. The second kappa shape index (κ2) is 5.98. The highest BCUT2D eigenvalue weighted by atomic mass is 35.5. The smallest absolute Gasteiger partial charge is 0.255 e. The van der Waals surface area contributed by atoms with Crippen LogP contribution >= 0.6 is 12.4 Å². The topological polar surface area (TPSA) is 106 Å². The Morgan fingerprint density at radius 1 is 1.26 bits per heavy atom. The monoisotopic (exact) mass is 289 g/mol. The van der Waals surface area contributed by atoms with Crippen LogP contribution in [0.2, 0.25) is 0 Å². The molecular weight excluding hydrogens is 270 g/mol. The van der Waals surface area contributed by atoms with Gasteiger partial charge >= 0.3 is 0 Å². The van der Waals surface area contributed by atoms with Crippen molar-refractivity contribution in [3.05, 3.63) is 0 Å². The number of hydrogen-bond acceptors (Lipinski definition) is 5. The summed E-state index contributed by atoms with van der Waals surface area (Å²) >= 11 is 0. The van der Waals surface area contributed by atoms with Crippen LogP contribution in [0.4, 0.5) is 0 Å². The largest absolute Gasteiger partial charge is 0.321 e. The molecule has 19 heavy (non-hydrogen) atoms. The van der Waals surface area contributed by atoms with Gasteiger partial charge in [-0.2, -0.15) is 0 Å². The van der Waals surface area contributed by atoms with E-state index in [0.29, 0.717) is 5.01 Å². The number of imide groups is 1. The minimum atomic E-state index is -0.988. The number of Topliss-reactive ketones (excluding diaryl/α,β-unsaturated/α-hetero) is 1. The van der Waals surface area contributed by atoms with Gasteiger partial charge in [-0.3, -0.25) is 14.4 Å². The first-order valence-electron chi connectivity index (χ1n) is 6.37. The summed E-state index contributed by atoms with van der Waals surface area (Å²) in [6.45, 7) is 1.55. The van der Waals surface area contributed by atoms with Crippen molar-refractivity contribution in [3.8, 4) is 0 Å². The molecule has 2 fully saturated rings. The third kappa shape index (κ3) is 2.66. The highest BCUT2D eigenvalue weighted by Gasteiger charge is 2.49. The van der Waals surface area contributed by atoms with Crippen molar-refractivity contribution in [1.29, 1.82) is 0 Å². The minimum Gasteiger partial charge on any atom is -0.321 e. The van der Waals surface area contributed by atoms with Gasteiger partial charge in [0.2, 0.25) is 5.91 Å². The molecule has 4 N–H and O–H groups in total. The molecule has 7 heteroatoms. The Labute approximate surface area is 118 Å². The van der Waals surface area contributed by atoms with Crippen molar-refractivity contribution < 1.29 is 14.4 Å². The number of hydrazine groups is 1. The molecule has 2 aliphatic rings. The quantitative estimate of drug-likeness (QED) is 0.329. The molecule has 3 atom stereocenters. The fourth-order valence-electron chi connectivity index (χ4n) is 2.96. The number of carbonyl (C=O) groups excluding carboxylic acids is 3. The molecule has 1 aliphatic carbocycles. The number of ketones is 1. The summed E-state index contributed by atoms with van der Waals surface area (Å²) in [7, 11) is 0.